The van der Waals surface area contributed by atoms with Crippen molar-refractivity contribution >= 4 is 32.2 Å². The van der Waals surface area contributed by atoms with Crippen molar-refractivity contribution in [3.63, 3.8) is 0 Å². The molecule has 0 atom stereocenters. The molecule has 0 radical (unpaired) electrons. The molecule has 2 aromatic rings. The van der Waals surface area contributed by atoms with E-state index in [1.165, 1.54) is 10.6 Å². The largest absolute Gasteiger partial charge is 0.357 e. The van der Waals surface area contributed by atoms with Gasteiger partial charge in [0.1, 0.15) is 0 Å². The van der Waals surface area contributed by atoms with Gasteiger partial charge in [0.05, 0.1) is 17.6 Å². The van der Waals surface area contributed by atoms with Crippen LogP contribution in [-0.2, 0) is 10.0 Å². The van der Waals surface area contributed by atoms with Crippen LogP contribution in [0.4, 0.5) is 10.8 Å². The minimum absolute atomic E-state index is 0.0317. The SMILES string of the molecule is CCN(c1ccc(-c2csc(NC(C)(C)C)n2)cc1)S(C)(=O)=O. The average Bonchev–Trinajstić information content (AvgIpc) is 2.85. The highest BCUT2D eigenvalue weighted by molar-refractivity contribution is 7.92. The molecule has 2 rings (SSSR count). The lowest BCUT2D eigenvalue weighted by Crippen LogP contribution is -2.29. The van der Waals surface area contributed by atoms with Gasteiger partial charge in [-0.3, -0.25) is 4.31 Å². The van der Waals surface area contributed by atoms with E-state index in [2.05, 4.69) is 31.1 Å². The summed E-state index contributed by atoms with van der Waals surface area (Å²) in [6.07, 6.45) is 1.22. The molecular weight excluding hydrogens is 330 g/mol. The number of thiazole rings is 1. The number of hydrogen-bond acceptors (Lipinski definition) is 5. The van der Waals surface area contributed by atoms with Crippen molar-refractivity contribution in [3.8, 4) is 11.3 Å². The Morgan fingerprint density at radius 2 is 1.83 bits per heavy atom. The zero-order valence-corrected chi connectivity index (χ0v) is 15.8. The fourth-order valence-electron chi connectivity index (χ4n) is 2.19. The fraction of sp³-hybridized carbons (Fsp3) is 0.438. The maximum atomic E-state index is 11.8. The highest BCUT2D eigenvalue weighted by Crippen LogP contribution is 2.28. The van der Waals surface area contributed by atoms with Gasteiger partial charge in [-0.25, -0.2) is 13.4 Å². The molecular formula is C16H23N3O2S2. The maximum Gasteiger partial charge on any atom is 0.232 e. The second-order valence-electron chi connectivity index (χ2n) is 6.39. The van der Waals surface area contributed by atoms with Crippen molar-refractivity contribution < 1.29 is 8.42 Å². The van der Waals surface area contributed by atoms with Crippen LogP contribution in [0.5, 0.6) is 0 Å². The zero-order valence-electron chi connectivity index (χ0n) is 14.1. The molecule has 1 aromatic carbocycles. The summed E-state index contributed by atoms with van der Waals surface area (Å²) in [7, 11) is -3.25. The van der Waals surface area contributed by atoms with E-state index in [9.17, 15) is 8.42 Å². The van der Waals surface area contributed by atoms with Crippen molar-refractivity contribution in [2.24, 2.45) is 0 Å². The van der Waals surface area contributed by atoms with E-state index in [4.69, 9.17) is 0 Å². The summed E-state index contributed by atoms with van der Waals surface area (Å²) >= 11 is 1.56. The van der Waals surface area contributed by atoms with Crippen molar-refractivity contribution in [1.82, 2.24) is 4.98 Å². The topological polar surface area (TPSA) is 62.3 Å². The number of anilines is 2. The normalized spacial score (nSPS) is 12.2. The second kappa shape index (κ2) is 6.49. The van der Waals surface area contributed by atoms with Crippen molar-refractivity contribution in [3.05, 3.63) is 29.6 Å². The Hall–Kier alpha value is -1.60. The molecule has 0 saturated heterocycles. The summed E-state index contributed by atoms with van der Waals surface area (Å²) in [5.41, 5.74) is 2.49. The van der Waals surface area contributed by atoms with E-state index in [0.29, 0.717) is 12.2 Å². The molecule has 1 heterocycles. The Morgan fingerprint density at radius 3 is 2.30 bits per heavy atom. The monoisotopic (exact) mass is 353 g/mol. The first-order chi connectivity index (χ1) is 10.6. The number of aromatic nitrogens is 1. The molecule has 7 heteroatoms. The van der Waals surface area contributed by atoms with Crippen LogP contribution in [0.3, 0.4) is 0 Å². The Kier molecular flexibility index (Phi) is 5.01. The van der Waals surface area contributed by atoms with E-state index < -0.39 is 10.0 Å². The van der Waals surface area contributed by atoms with E-state index in [-0.39, 0.29) is 5.54 Å². The van der Waals surface area contributed by atoms with Gasteiger partial charge < -0.3 is 5.32 Å². The van der Waals surface area contributed by atoms with Crippen molar-refractivity contribution in [1.29, 1.82) is 0 Å². The van der Waals surface area contributed by atoms with Gasteiger partial charge in [0.25, 0.3) is 0 Å². The summed E-state index contributed by atoms with van der Waals surface area (Å²) < 4.78 is 24.9. The minimum Gasteiger partial charge on any atom is -0.357 e. The molecule has 0 unspecified atom stereocenters. The summed E-state index contributed by atoms with van der Waals surface area (Å²) in [6.45, 7) is 8.50. The second-order valence-corrected chi connectivity index (χ2v) is 9.15. The van der Waals surface area contributed by atoms with Crippen LogP contribution in [0.2, 0.25) is 0 Å². The minimum atomic E-state index is -3.25. The Labute approximate surface area is 142 Å². The van der Waals surface area contributed by atoms with Gasteiger partial charge in [-0.15, -0.1) is 11.3 Å². The molecule has 0 saturated carbocycles. The Bertz CT molecular complexity index is 759. The first-order valence-corrected chi connectivity index (χ1v) is 10.1. The number of benzene rings is 1. The molecule has 0 amide bonds. The molecule has 1 N–H and O–H groups in total. The molecule has 0 fully saturated rings. The lowest BCUT2D eigenvalue weighted by molar-refractivity contribution is 0.598. The smallest absolute Gasteiger partial charge is 0.232 e. The highest BCUT2D eigenvalue weighted by Gasteiger charge is 2.16. The third-order valence-corrected chi connectivity index (χ3v) is 5.15. The van der Waals surface area contributed by atoms with Gasteiger partial charge in [-0.2, -0.15) is 0 Å². The molecule has 126 valence electrons. The zero-order chi connectivity index (χ0) is 17.3. The number of nitrogens with one attached hydrogen (secondary N) is 1. The van der Waals surface area contributed by atoms with Gasteiger partial charge in [0, 0.05) is 23.0 Å². The number of sulfonamides is 1. The van der Waals surface area contributed by atoms with Gasteiger partial charge >= 0.3 is 0 Å². The fourth-order valence-corrected chi connectivity index (χ4v) is 4.09. The highest BCUT2D eigenvalue weighted by atomic mass is 32.2. The lowest BCUT2D eigenvalue weighted by Gasteiger charge is -2.20. The molecule has 0 aliphatic heterocycles. The van der Waals surface area contributed by atoms with Crippen LogP contribution in [0.25, 0.3) is 11.3 Å². The van der Waals surface area contributed by atoms with Crippen LogP contribution in [-0.4, -0.2) is 31.7 Å². The predicted octanol–water partition coefficient (Wildman–Crippen LogP) is 3.81. The molecule has 0 aliphatic rings. The number of nitrogens with zero attached hydrogens (tertiary/aromatic N) is 2. The first-order valence-electron chi connectivity index (χ1n) is 7.42. The number of hydrogen-bond donors (Lipinski definition) is 1. The molecule has 23 heavy (non-hydrogen) atoms. The van der Waals surface area contributed by atoms with Crippen LogP contribution < -0.4 is 9.62 Å². The molecule has 1 aromatic heterocycles. The molecule has 0 spiro atoms. The third-order valence-electron chi connectivity index (χ3n) is 3.12. The maximum absolute atomic E-state index is 11.8. The summed E-state index contributed by atoms with van der Waals surface area (Å²) in [6, 6.07) is 7.43. The van der Waals surface area contributed by atoms with Crippen molar-refractivity contribution in [2.75, 3.05) is 22.4 Å². The van der Waals surface area contributed by atoms with Crippen LogP contribution >= 0.6 is 11.3 Å². The van der Waals surface area contributed by atoms with E-state index in [0.717, 1.165) is 16.4 Å². The third kappa shape index (κ3) is 4.68. The van der Waals surface area contributed by atoms with Gasteiger partial charge in [0.15, 0.2) is 5.13 Å². The van der Waals surface area contributed by atoms with E-state index >= 15 is 0 Å². The van der Waals surface area contributed by atoms with E-state index in [1.54, 1.807) is 11.3 Å². The number of rotatable bonds is 5. The van der Waals surface area contributed by atoms with Crippen LogP contribution in [0, 0.1) is 0 Å². The Morgan fingerprint density at radius 1 is 1.22 bits per heavy atom. The van der Waals surface area contributed by atoms with Gasteiger partial charge in [0.2, 0.25) is 10.0 Å². The summed E-state index contributed by atoms with van der Waals surface area (Å²) in [5, 5.41) is 6.22. The quantitative estimate of drug-likeness (QED) is 0.888. The van der Waals surface area contributed by atoms with Crippen LogP contribution in [0.1, 0.15) is 27.7 Å². The predicted molar refractivity (Wildman–Crippen MR) is 98.8 cm³/mol. The first kappa shape index (κ1) is 17.7. The van der Waals surface area contributed by atoms with Crippen molar-refractivity contribution in [2.45, 2.75) is 33.2 Å². The standard InChI is InChI=1S/C16H23N3O2S2/c1-6-19(23(5,20)21)13-9-7-12(8-10-13)14-11-22-15(17-14)18-16(2,3)4/h7-11H,6H2,1-5H3,(H,17,18). The van der Waals surface area contributed by atoms with Gasteiger partial charge in [-0.05, 0) is 39.8 Å². The molecule has 5 nitrogen and oxygen atoms in total. The summed E-state index contributed by atoms with van der Waals surface area (Å²) in [4.78, 5) is 4.58. The average molecular weight is 354 g/mol. The van der Waals surface area contributed by atoms with E-state index in [1.807, 2.05) is 36.6 Å². The van der Waals surface area contributed by atoms with Crippen LogP contribution in [0.15, 0.2) is 29.6 Å². The lowest BCUT2D eigenvalue weighted by atomic mass is 10.1. The molecule has 0 aliphatic carbocycles. The van der Waals surface area contributed by atoms with Gasteiger partial charge in [-0.1, -0.05) is 12.1 Å². The molecule has 0 bridgehead atoms. The Balaban J connectivity index is 2.23. The summed E-state index contributed by atoms with van der Waals surface area (Å²) in [5.74, 6) is 0.